The van der Waals surface area contributed by atoms with E-state index in [2.05, 4.69) is 68.9 Å². The number of pyridine rings is 1. The predicted molar refractivity (Wildman–Crippen MR) is 127 cm³/mol. The minimum absolute atomic E-state index is 0. The van der Waals surface area contributed by atoms with Crippen LogP contribution in [0.2, 0.25) is 0 Å². The Labute approximate surface area is 184 Å². The summed E-state index contributed by atoms with van der Waals surface area (Å²) in [6.45, 7) is 6.83. The lowest BCUT2D eigenvalue weighted by Crippen LogP contribution is -2.44. The van der Waals surface area contributed by atoms with Crippen molar-refractivity contribution in [3.63, 3.8) is 0 Å². The zero-order valence-electron chi connectivity index (χ0n) is 16.6. The molecule has 0 aliphatic carbocycles. The van der Waals surface area contributed by atoms with Crippen molar-refractivity contribution < 1.29 is 4.79 Å². The number of aryl methyl sites for hydroxylation is 1. The number of likely N-dealkylation sites (N-methyl/N-ethyl adjacent to an activating group) is 1. The summed E-state index contributed by atoms with van der Waals surface area (Å²) in [5.74, 6) is 0.442. The molecule has 0 unspecified atom stereocenters. The van der Waals surface area contributed by atoms with Crippen molar-refractivity contribution in [3.8, 4) is 0 Å². The number of amides is 1. The maximum atomic E-state index is 12.0. The summed E-state index contributed by atoms with van der Waals surface area (Å²) < 4.78 is 0. The molecule has 1 amide bonds. The zero-order chi connectivity index (χ0) is 19.5. The van der Waals surface area contributed by atoms with Gasteiger partial charge in [-0.05, 0) is 43.7 Å². The Kier molecular flexibility index (Phi) is 10.9. The van der Waals surface area contributed by atoms with Gasteiger partial charge in [0.05, 0.1) is 18.4 Å². The van der Waals surface area contributed by atoms with Gasteiger partial charge in [-0.3, -0.25) is 14.8 Å². The van der Waals surface area contributed by atoms with Gasteiger partial charge in [0, 0.05) is 38.6 Å². The van der Waals surface area contributed by atoms with Gasteiger partial charge in [0.2, 0.25) is 5.91 Å². The molecule has 0 radical (unpaired) electrons. The van der Waals surface area contributed by atoms with Crippen LogP contribution in [0.1, 0.15) is 12.5 Å². The molecule has 3 N–H and O–H groups in total. The monoisotopic (exact) mass is 496 g/mol. The van der Waals surface area contributed by atoms with Crippen LogP contribution in [-0.4, -0.2) is 50.1 Å². The first-order chi connectivity index (χ1) is 13.1. The molecule has 0 atom stereocenters. The summed E-state index contributed by atoms with van der Waals surface area (Å²) in [6, 6.07) is 12.0. The minimum atomic E-state index is -0.152. The van der Waals surface area contributed by atoms with Crippen LogP contribution < -0.4 is 20.9 Å². The Balaban J connectivity index is 0.00000392. The Morgan fingerprint density at radius 1 is 1.21 bits per heavy atom. The highest BCUT2D eigenvalue weighted by Gasteiger charge is 2.07. The second-order valence-corrected chi connectivity index (χ2v) is 6.06. The van der Waals surface area contributed by atoms with Crippen molar-refractivity contribution in [1.29, 1.82) is 0 Å². The first-order valence-corrected chi connectivity index (χ1v) is 9.08. The van der Waals surface area contributed by atoms with Gasteiger partial charge >= 0.3 is 0 Å². The van der Waals surface area contributed by atoms with Crippen LogP contribution in [0, 0.1) is 6.92 Å². The van der Waals surface area contributed by atoms with Gasteiger partial charge < -0.3 is 20.9 Å². The van der Waals surface area contributed by atoms with Crippen LogP contribution in [0.4, 0.5) is 11.4 Å². The molecule has 0 spiro atoms. The van der Waals surface area contributed by atoms with Crippen molar-refractivity contribution in [1.82, 2.24) is 15.6 Å². The quantitative estimate of drug-likeness (QED) is 0.298. The molecular weight excluding hydrogens is 467 g/mol. The molecular formula is C20H29IN6O. The highest BCUT2D eigenvalue weighted by atomic mass is 127. The van der Waals surface area contributed by atoms with E-state index in [1.165, 1.54) is 11.3 Å². The number of nitrogens with zero attached hydrogens (tertiary/aromatic N) is 3. The van der Waals surface area contributed by atoms with Gasteiger partial charge in [0.15, 0.2) is 5.96 Å². The van der Waals surface area contributed by atoms with Crippen LogP contribution in [0.15, 0.2) is 53.8 Å². The molecule has 0 saturated carbocycles. The smallest absolute Gasteiger partial charge is 0.243 e. The molecule has 1 aromatic carbocycles. The second kappa shape index (κ2) is 12.9. The third-order valence-electron chi connectivity index (χ3n) is 4.01. The number of nitrogens with one attached hydrogen (secondary N) is 3. The van der Waals surface area contributed by atoms with E-state index < -0.39 is 0 Å². The average molecular weight is 496 g/mol. The van der Waals surface area contributed by atoms with E-state index in [0.717, 1.165) is 13.1 Å². The predicted octanol–water partition coefficient (Wildman–Crippen LogP) is 2.64. The fourth-order valence-electron chi connectivity index (χ4n) is 2.63. The Hall–Kier alpha value is -2.36. The summed E-state index contributed by atoms with van der Waals surface area (Å²) in [5, 5.41) is 9.04. The lowest BCUT2D eigenvalue weighted by atomic mass is 10.2. The van der Waals surface area contributed by atoms with Crippen LogP contribution in [-0.2, 0) is 4.79 Å². The van der Waals surface area contributed by atoms with Gasteiger partial charge in [-0.1, -0.05) is 12.1 Å². The molecule has 0 saturated heterocycles. The van der Waals surface area contributed by atoms with Crippen molar-refractivity contribution in [2.75, 3.05) is 43.4 Å². The minimum Gasteiger partial charge on any atom is -0.370 e. The van der Waals surface area contributed by atoms with Gasteiger partial charge in [0.1, 0.15) is 0 Å². The summed E-state index contributed by atoms with van der Waals surface area (Å²) in [4.78, 5) is 22.4. The highest BCUT2D eigenvalue weighted by Crippen LogP contribution is 2.14. The number of hydrogen-bond acceptors (Lipinski definition) is 4. The number of carbonyl (C=O) groups excluding carboxylic acids is 1. The summed E-state index contributed by atoms with van der Waals surface area (Å²) in [5.41, 5.74) is 3.12. The third kappa shape index (κ3) is 8.12. The summed E-state index contributed by atoms with van der Waals surface area (Å²) in [7, 11) is 1.69. The molecule has 8 heteroatoms. The van der Waals surface area contributed by atoms with Crippen LogP contribution in [0.3, 0.4) is 0 Å². The average Bonchev–Trinajstić information content (AvgIpc) is 2.68. The van der Waals surface area contributed by atoms with Gasteiger partial charge in [-0.25, -0.2) is 0 Å². The number of halogens is 1. The number of hydrogen-bond donors (Lipinski definition) is 3. The zero-order valence-corrected chi connectivity index (χ0v) is 18.9. The van der Waals surface area contributed by atoms with Gasteiger partial charge in [0.25, 0.3) is 0 Å². The number of guanidine groups is 1. The van der Waals surface area contributed by atoms with E-state index in [-0.39, 0.29) is 36.4 Å². The molecule has 152 valence electrons. The molecule has 0 fully saturated rings. The fraction of sp³-hybridized carbons (Fsp3) is 0.350. The number of anilines is 2. The Bertz CT molecular complexity index is 753. The first kappa shape index (κ1) is 23.7. The number of aromatic nitrogens is 1. The molecule has 2 rings (SSSR count). The molecule has 0 bridgehead atoms. The van der Waals surface area contributed by atoms with E-state index >= 15 is 0 Å². The van der Waals surface area contributed by atoms with Crippen molar-refractivity contribution >= 4 is 47.2 Å². The van der Waals surface area contributed by atoms with E-state index in [4.69, 9.17) is 0 Å². The maximum Gasteiger partial charge on any atom is 0.243 e. The molecule has 1 aromatic heterocycles. The van der Waals surface area contributed by atoms with Crippen molar-refractivity contribution in [2.45, 2.75) is 13.8 Å². The normalized spacial score (nSPS) is 10.6. The van der Waals surface area contributed by atoms with Gasteiger partial charge in [-0.2, -0.15) is 0 Å². The SMILES string of the molecule is CCN(CCNC(=NC)NCC(=O)Nc1cccnc1)c1cccc(C)c1.I. The lowest BCUT2D eigenvalue weighted by molar-refractivity contribution is -0.115. The van der Waals surface area contributed by atoms with E-state index in [1.807, 2.05) is 0 Å². The number of carbonyl (C=O) groups is 1. The number of rotatable bonds is 8. The van der Waals surface area contributed by atoms with Crippen LogP contribution in [0.5, 0.6) is 0 Å². The van der Waals surface area contributed by atoms with Gasteiger partial charge in [-0.15, -0.1) is 24.0 Å². The Morgan fingerprint density at radius 2 is 2.04 bits per heavy atom. The molecule has 0 aliphatic heterocycles. The van der Waals surface area contributed by atoms with Crippen LogP contribution in [0.25, 0.3) is 0 Å². The van der Waals surface area contributed by atoms with Crippen molar-refractivity contribution in [2.24, 2.45) is 4.99 Å². The second-order valence-electron chi connectivity index (χ2n) is 6.06. The van der Waals surface area contributed by atoms with E-state index in [1.54, 1.807) is 31.6 Å². The third-order valence-corrected chi connectivity index (χ3v) is 4.01. The van der Waals surface area contributed by atoms with Crippen molar-refractivity contribution in [3.05, 3.63) is 54.4 Å². The standard InChI is InChI=1S/C20H28N6O.HI/c1-4-26(18-9-5-7-16(2)13-18)12-11-23-20(21-3)24-15-19(27)25-17-8-6-10-22-14-17;/h5-10,13-14H,4,11-12,15H2,1-3H3,(H,25,27)(H2,21,23,24);1H. The number of aliphatic imine (C=N–C) groups is 1. The molecule has 7 nitrogen and oxygen atoms in total. The molecule has 28 heavy (non-hydrogen) atoms. The summed E-state index contributed by atoms with van der Waals surface area (Å²) >= 11 is 0. The summed E-state index contributed by atoms with van der Waals surface area (Å²) in [6.07, 6.45) is 3.27. The largest absolute Gasteiger partial charge is 0.370 e. The maximum absolute atomic E-state index is 12.0. The first-order valence-electron chi connectivity index (χ1n) is 9.08. The fourth-order valence-corrected chi connectivity index (χ4v) is 2.63. The number of benzene rings is 1. The highest BCUT2D eigenvalue weighted by molar-refractivity contribution is 14.0. The molecule has 2 aromatic rings. The van der Waals surface area contributed by atoms with Crippen LogP contribution >= 0.6 is 24.0 Å². The molecule has 0 aliphatic rings. The molecule has 1 heterocycles. The lowest BCUT2D eigenvalue weighted by Gasteiger charge is -2.24. The Morgan fingerprint density at radius 3 is 2.68 bits per heavy atom. The van der Waals surface area contributed by atoms with E-state index in [0.29, 0.717) is 18.2 Å². The van der Waals surface area contributed by atoms with E-state index in [9.17, 15) is 4.79 Å². The topological polar surface area (TPSA) is 81.6 Å².